The lowest BCUT2D eigenvalue weighted by molar-refractivity contribution is -0.300. The Morgan fingerprint density at radius 3 is 2.32 bits per heavy atom. The zero-order chi connectivity index (χ0) is 16.2. The smallest absolute Gasteiger partial charge is 0.163 e. The molecule has 0 spiro atoms. The third-order valence-corrected chi connectivity index (χ3v) is 4.35. The Bertz CT molecular complexity index is 257. The molecule has 1 saturated heterocycles. The average molecular weight is 316 g/mol. The molecule has 1 fully saturated rings. The third kappa shape index (κ3) is 9.09. The molecule has 0 aromatic heterocycles. The standard InChI is InChI=1S/C18H36O4/c1-3-5-7-9-11-15(19)13-18-21-16(14-17(20)22-18)12-10-8-6-4-2/h15-20H,3-14H2,1-2H3/t15?,16-,17?,18-/m0/s1. The molecule has 0 amide bonds. The summed E-state index contributed by atoms with van der Waals surface area (Å²) >= 11 is 0. The van der Waals surface area contributed by atoms with E-state index in [1.54, 1.807) is 0 Å². The maximum Gasteiger partial charge on any atom is 0.163 e. The molecule has 4 nitrogen and oxygen atoms in total. The van der Waals surface area contributed by atoms with Crippen molar-refractivity contribution in [1.82, 2.24) is 0 Å². The zero-order valence-corrected chi connectivity index (χ0v) is 14.5. The number of aliphatic hydroxyl groups excluding tert-OH is 2. The van der Waals surface area contributed by atoms with Crippen molar-refractivity contribution in [2.75, 3.05) is 0 Å². The maximum atomic E-state index is 10.1. The number of unbranched alkanes of at least 4 members (excludes halogenated alkanes) is 6. The van der Waals surface area contributed by atoms with Crippen LogP contribution < -0.4 is 0 Å². The normalized spacial score (nSPS) is 27.0. The van der Waals surface area contributed by atoms with Gasteiger partial charge in [-0.2, -0.15) is 0 Å². The molecule has 0 bridgehead atoms. The monoisotopic (exact) mass is 316 g/mol. The molecule has 4 heteroatoms. The molecule has 1 rings (SSSR count). The van der Waals surface area contributed by atoms with Crippen molar-refractivity contribution in [3.05, 3.63) is 0 Å². The molecule has 0 radical (unpaired) electrons. The van der Waals surface area contributed by atoms with Gasteiger partial charge in [0.1, 0.15) is 0 Å². The van der Waals surface area contributed by atoms with E-state index in [2.05, 4.69) is 13.8 Å². The van der Waals surface area contributed by atoms with Crippen molar-refractivity contribution >= 4 is 0 Å². The van der Waals surface area contributed by atoms with Crippen LogP contribution >= 0.6 is 0 Å². The molecule has 2 unspecified atom stereocenters. The van der Waals surface area contributed by atoms with Gasteiger partial charge in [-0.15, -0.1) is 0 Å². The Kier molecular flexibility index (Phi) is 11.1. The van der Waals surface area contributed by atoms with E-state index in [1.807, 2.05) is 0 Å². The lowest BCUT2D eigenvalue weighted by Crippen LogP contribution is -2.39. The fourth-order valence-corrected chi connectivity index (χ4v) is 3.00. The molecule has 22 heavy (non-hydrogen) atoms. The van der Waals surface area contributed by atoms with E-state index in [0.717, 1.165) is 25.7 Å². The quantitative estimate of drug-likeness (QED) is 0.532. The van der Waals surface area contributed by atoms with Crippen molar-refractivity contribution in [3.8, 4) is 0 Å². The summed E-state index contributed by atoms with van der Waals surface area (Å²) in [5, 5.41) is 19.9. The summed E-state index contributed by atoms with van der Waals surface area (Å²) in [6.07, 6.45) is 10.7. The first-order valence-corrected chi connectivity index (χ1v) is 9.32. The van der Waals surface area contributed by atoms with Crippen LogP contribution in [0, 0.1) is 0 Å². The van der Waals surface area contributed by atoms with Crippen LogP contribution in [0.25, 0.3) is 0 Å². The summed E-state index contributed by atoms with van der Waals surface area (Å²) in [4.78, 5) is 0. The van der Waals surface area contributed by atoms with Crippen molar-refractivity contribution in [1.29, 1.82) is 0 Å². The van der Waals surface area contributed by atoms with Gasteiger partial charge in [-0.3, -0.25) is 0 Å². The van der Waals surface area contributed by atoms with Crippen LogP contribution in [0.3, 0.4) is 0 Å². The highest BCUT2D eigenvalue weighted by Gasteiger charge is 2.29. The van der Waals surface area contributed by atoms with Crippen LogP contribution in [0.15, 0.2) is 0 Å². The summed E-state index contributed by atoms with van der Waals surface area (Å²) in [5.74, 6) is 0. The number of hydrogen-bond acceptors (Lipinski definition) is 4. The maximum absolute atomic E-state index is 10.1. The Morgan fingerprint density at radius 2 is 1.64 bits per heavy atom. The van der Waals surface area contributed by atoms with Gasteiger partial charge < -0.3 is 19.7 Å². The van der Waals surface area contributed by atoms with Gasteiger partial charge in [0.25, 0.3) is 0 Å². The summed E-state index contributed by atoms with van der Waals surface area (Å²) in [6.45, 7) is 4.38. The highest BCUT2D eigenvalue weighted by Crippen LogP contribution is 2.25. The van der Waals surface area contributed by atoms with Crippen LogP contribution in [-0.2, 0) is 9.47 Å². The number of rotatable bonds is 12. The lowest BCUT2D eigenvalue weighted by Gasteiger charge is -2.34. The summed E-state index contributed by atoms with van der Waals surface area (Å²) in [6, 6.07) is 0. The second-order valence-corrected chi connectivity index (χ2v) is 6.60. The first kappa shape index (κ1) is 19.9. The molecule has 0 saturated carbocycles. The van der Waals surface area contributed by atoms with E-state index in [0.29, 0.717) is 12.8 Å². The van der Waals surface area contributed by atoms with Crippen molar-refractivity contribution in [3.63, 3.8) is 0 Å². The summed E-state index contributed by atoms with van der Waals surface area (Å²) in [5.41, 5.74) is 0. The van der Waals surface area contributed by atoms with Crippen LogP contribution in [0.1, 0.15) is 90.9 Å². The molecular formula is C18H36O4. The summed E-state index contributed by atoms with van der Waals surface area (Å²) in [7, 11) is 0. The van der Waals surface area contributed by atoms with Crippen LogP contribution in [0.5, 0.6) is 0 Å². The molecule has 1 aliphatic heterocycles. The van der Waals surface area contributed by atoms with Crippen molar-refractivity contribution < 1.29 is 19.7 Å². The Hall–Kier alpha value is -0.160. The fourth-order valence-electron chi connectivity index (χ4n) is 3.00. The Labute approximate surface area is 136 Å². The van der Waals surface area contributed by atoms with Gasteiger partial charge in [-0.25, -0.2) is 0 Å². The van der Waals surface area contributed by atoms with Crippen LogP contribution in [0.4, 0.5) is 0 Å². The highest BCUT2D eigenvalue weighted by atomic mass is 16.7. The molecule has 2 N–H and O–H groups in total. The first-order valence-electron chi connectivity index (χ1n) is 9.32. The molecular weight excluding hydrogens is 280 g/mol. The van der Waals surface area contributed by atoms with E-state index in [1.165, 1.54) is 38.5 Å². The van der Waals surface area contributed by atoms with Gasteiger partial charge in [0.05, 0.1) is 12.2 Å². The van der Waals surface area contributed by atoms with Crippen molar-refractivity contribution in [2.24, 2.45) is 0 Å². The Morgan fingerprint density at radius 1 is 0.955 bits per heavy atom. The SMILES string of the molecule is CCCCCCC(O)C[C@@H]1OC(O)C[C@H](CCCCCC)O1. The van der Waals surface area contributed by atoms with E-state index in [9.17, 15) is 10.2 Å². The minimum absolute atomic E-state index is 0.0675. The van der Waals surface area contributed by atoms with E-state index >= 15 is 0 Å². The molecule has 0 aliphatic carbocycles. The fraction of sp³-hybridized carbons (Fsp3) is 1.00. The van der Waals surface area contributed by atoms with Gasteiger partial charge in [0.15, 0.2) is 12.6 Å². The molecule has 4 atom stereocenters. The first-order chi connectivity index (χ1) is 10.7. The predicted octanol–water partition coefficient (Wildman–Crippen LogP) is 4.13. The van der Waals surface area contributed by atoms with Gasteiger partial charge in [-0.1, -0.05) is 65.2 Å². The third-order valence-electron chi connectivity index (χ3n) is 4.35. The van der Waals surface area contributed by atoms with Gasteiger partial charge in [-0.05, 0) is 12.8 Å². The average Bonchev–Trinajstić information content (AvgIpc) is 2.48. The molecule has 0 aromatic carbocycles. The highest BCUT2D eigenvalue weighted by molar-refractivity contribution is 4.69. The lowest BCUT2D eigenvalue weighted by atomic mass is 10.0. The topological polar surface area (TPSA) is 58.9 Å². The molecule has 0 aromatic rings. The number of aliphatic hydroxyl groups is 2. The minimum Gasteiger partial charge on any atom is -0.393 e. The Balaban J connectivity index is 2.21. The largest absolute Gasteiger partial charge is 0.393 e. The number of hydrogen-bond donors (Lipinski definition) is 2. The van der Waals surface area contributed by atoms with E-state index < -0.39 is 18.7 Å². The zero-order valence-electron chi connectivity index (χ0n) is 14.5. The summed E-state index contributed by atoms with van der Waals surface area (Å²) < 4.78 is 11.3. The second kappa shape index (κ2) is 12.3. The predicted molar refractivity (Wildman–Crippen MR) is 88.5 cm³/mol. The number of ether oxygens (including phenoxy) is 2. The molecule has 1 heterocycles. The van der Waals surface area contributed by atoms with Crippen LogP contribution in [-0.4, -0.2) is 35.0 Å². The van der Waals surface area contributed by atoms with E-state index in [4.69, 9.17) is 9.47 Å². The van der Waals surface area contributed by atoms with Gasteiger partial charge >= 0.3 is 0 Å². The van der Waals surface area contributed by atoms with Gasteiger partial charge in [0.2, 0.25) is 0 Å². The minimum atomic E-state index is -0.748. The molecule has 132 valence electrons. The van der Waals surface area contributed by atoms with E-state index in [-0.39, 0.29) is 6.10 Å². The second-order valence-electron chi connectivity index (χ2n) is 6.60. The van der Waals surface area contributed by atoms with Crippen molar-refractivity contribution in [2.45, 2.75) is 116 Å². The van der Waals surface area contributed by atoms with Crippen LogP contribution in [0.2, 0.25) is 0 Å². The van der Waals surface area contributed by atoms with Gasteiger partial charge in [0, 0.05) is 12.8 Å². The molecule has 1 aliphatic rings.